The van der Waals surface area contributed by atoms with Gasteiger partial charge in [-0.15, -0.1) is 0 Å². The van der Waals surface area contributed by atoms with Gasteiger partial charge in [0.05, 0.1) is 9.85 Å². The number of rotatable bonds is 11. The van der Waals surface area contributed by atoms with Gasteiger partial charge >= 0.3 is 0 Å². The highest BCUT2D eigenvalue weighted by Gasteiger charge is 2.12. The lowest BCUT2D eigenvalue weighted by Crippen LogP contribution is -2.25. The number of benzene rings is 2. The Bertz CT molecular complexity index is 856. The molecule has 0 saturated carbocycles. The first kappa shape index (κ1) is 22.5. The van der Waals surface area contributed by atoms with Crippen LogP contribution in [0.2, 0.25) is 0 Å². The van der Waals surface area contributed by atoms with Gasteiger partial charge in [0.15, 0.2) is 0 Å². The van der Waals surface area contributed by atoms with Gasteiger partial charge < -0.3 is 10.6 Å². The molecule has 0 spiro atoms. The molecule has 2 rings (SSSR count). The van der Waals surface area contributed by atoms with Crippen LogP contribution in [0.25, 0.3) is 0 Å². The van der Waals surface area contributed by atoms with E-state index in [0.29, 0.717) is 13.1 Å². The van der Waals surface area contributed by atoms with Crippen molar-refractivity contribution >= 4 is 23.2 Å². The third-order valence-corrected chi connectivity index (χ3v) is 4.31. The number of nitrogens with one attached hydrogen (secondary N) is 2. The summed E-state index contributed by atoms with van der Waals surface area (Å²) in [6, 6.07) is 11.1. The van der Waals surface area contributed by atoms with E-state index in [4.69, 9.17) is 0 Å². The van der Waals surface area contributed by atoms with Gasteiger partial charge in [-0.05, 0) is 25.0 Å². The standard InChI is InChI=1S/C20H22N4O6/c25-19(15-7-5-9-17(13-15)23(27)28)21-11-3-1-2-4-12-22-20(26)16-8-6-10-18(14-16)24(29)30/h5-10,13-14H,1-4,11-12H2,(H,21,25)(H,22,26). The van der Waals surface area contributed by atoms with Gasteiger partial charge in [0.25, 0.3) is 23.2 Å². The zero-order valence-corrected chi connectivity index (χ0v) is 16.2. The van der Waals surface area contributed by atoms with Gasteiger partial charge in [0.2, 0.25) is 0 Å². The van der Waals surface area contributed by atoms with Crippen LogP contribution < -0.4 is 10.6 Å². The molecule has 2 aromatic rings. The van der Waals surface area contributed by atoms with Crippen LogP contribution in [0.5, 0.6) is 0 Å². The van der Waals surface area contributed by atoms with Crippen LogP contribution >= 0.6 is 0 Å². The van der Waals surface area contributed by atoms with Crippen molar-refractivity contribution in [1.82, 2.24) is 10.6 Å². The smallest absolute Gasteiger partial charge is 0.270 e. The van der Waals surface area contributed by atoms with Gasteiger partial charge in [0, 0.05) is 48.5 Å². The molecule has 10 heteroatoms. The molecule has 0 atom stereocenters. The molecule has 0 fully saturated rings. The monoisotopic (exact) mass is 414 g/mol. The number of amides is 2. The molecule has 2 amide bonds. The summed E-state index contributed by atoms with van der Waals surface area (Å²) in [7, 11) is 0. The van der Waals surface area contributed by atoms with E-state index in [2.05, 4.69) is 10.6 Å². The number of nitro benzene ring substituents is 2. The maximum Gasteiger partial charge on any atom is 0.270 e. The van der Waals surface area contributed by atoms with Crippen molar-refractivity contribution in [2.45, 2.75) is 25.7 Å². The van der Waals surface area contributed by atoms with E-state index in [-0.39, 0.29) is 34.3 Å². The Morgan fingerprint density at radius 2 is 1.10 bits per heavy atom. The molecule has 0 heterocycles. The van der Waals surface area contributed by atoms with E-state index in [1.54, 1.807) is 0 Å². The number of carbonyl (C=O) groups excluding carboxylic acids is 2. The van der Waals surface area contributed by atoms with Crippen LogP contribution in [0.4, 0.5) is 11.4 Å². The minimum absolute atomic E-state index is 0.130. The van der Waals surface area contributed by atoms with E-state index in [1.807, 2.05) is 0 Å². The normalized spacial score (nSPS) is 10.3. The van der Waals surface area contributed by atoms with Crippen LogP contribution in [-0.2, 0) is 0 Å². The highest BCUT2D eigenvalue weighted by Crippen LogP contribution is 2.14. The number of hydrogen-bond donors (Lipinski definition) is 2. The number of non-ortho nitro benzene ring substituents is 2. The molecule has 158 valence electrons. The molecule has 0 bridgehead atoms. The summed E-state index contributed by atoms with van der Waals surface area (Å²) in [5, 5.41) is 26.9. The second kappa shape index (κ2) is 11.2. The zero-order valence-electron chi connectivity index (χ0n) is 16.2. The SMILES string of the molecule is O=C(NCCCCCCNC(=O)c1cccc([N+](=O)[O-])c1)c1cccc([N+](=O)[O-])c1. The van der Waals surface area contributed by atoms with Crippen molar-refractivity contribution in [1.29, 1.82) is 0 Å². The Kier molecular flexibility index (Phi) is 8.42. The molecule has 30 heavy (non-hydrogen) atoms. The van der Waals surface area contributed by atoms with Crippen LogP contribution in [-0.4, -0.2) is 34.8 Å². The number of nitrogens with zero attached hydrogens (tertiary/aromatic N) is 2. The summed E-state index contributed by atoms with van der Waals surface area (Å²) >= 11 is 0. The first-order chi connectivity index (χ1) is 14.4. The van der Waals surface area contributed by atoms with E-state index in [9.17, 15) is 29.8 Å². The quantitative estimate of drug-likeness (QED) is 0.328. The molecule has 0 aliphatic carbocycles. The second-order valence-corrected chi connectivity index (χ2v) is 6.54. The van der Waals surface area contributed by atoms with Crippen molar-refractivity contribution in [3.05, 3.63) is 79.9 Å². The number of carbonyl (C=O) groups is 2. The lowest BCUT2D eigenvalue weighted by Gasteiger charge is -2.07. The van der Waals surface area contributed by atoms with Gasteiger partial charge in [-0.1, -0.05) is 25.0 Å². The molecular weight excluding hydrogens is 392 g/mol. The van der Waals surface area contributed by atoms with Crippen molar-refractivity contribution in [3.8, 4) is 0 Å². The highest BCUT2D eigenvalue weighted by atomic mass is 16.6. The third-order valence-electron chi connectivity index (χ3n) is 4.31. The molecular formula is C20H22N4O6. The van der Waals surface area contributed by atoms with Crippen LogP contribution in [0.15, 0.2) is 48.5 Å². The predicted molar refractivity (Wildman–Crippen MR) is 109 cm³/mol. The number of unbranched alkanes of at least 4 members (excludes halogenated alkanes) is 3. The van der Waals surface area contributed by atoms with E-state index >= 15 is 0 Å². The maximum atomic E-state index is 12.0. The molecule has 10 nitrogen and oxygen atoms in total. The average Bonchev–Trinajstić information content (AvgIpc) is 2.75. The lowest BCUT2D eigenvalue weighted by atomic mass is 10.1. The lowest BCUT2D eigenvalue weighted by molar-refractivity contribution is -0.385. The largest absolute Gasteiger partial charge is 0.352 e. The Hall–Kier alpha value is -3.82. The summed E-state index contributed by atoms with van der Waals surface area (Å²) in [5.41, 5.74) is 0.228. The molecule has 0 radical (unpaired) electrons. The van der Waals surface area contributed by atoms with Crippen LogP contribution in [0.1, 0.15) is 46.4 Å². The predicted octanol–water partition coefficient (Wildman–Crippen LogP) is 3.22. The van der Waals surface area contributed by atoms with Crippen LogP contribution in [0, 0.1) is 20.2 Å². The second-order valence-electron chi connectivity index (χ2n) is 6.54. The average molecular weight is 414 g/mol. The van der Waals surface area contributed by atoms with Gasteiger partial charge in [-0.2, -0.15) is 0 Å². The minimum atomic E-state index is -0.547. The maximum absolute atomic E-state index is 12.0. The fourth-order valence-corrected chi connectivity index (χ4v) is 2.73. The zero-order chi connectivity index (χ0) is 21.9. The Balaban J connectivity index is 1.60. The fraction of sp³-hybridized carbons (Fsp3) is 0.300. The summed E-state index contributed by atoms with van der Waals surface area (Å²) < 4.78 is 0. The first-order valence-electron chi connectivity index (χ1n) is 9.44. The number of hydrogen-bond acceptors (Lipinski definition) is 6. The summed E-state index contributed by atoms with van der Waals surface area (Å²) in [6.45, 7) is 0.892. The fourth-order valence-electron chi connectivity index (χ4n) is 2.73. The van der Waals surface area contributed by atoms with Crippen LogP contribution in [0.3, 0.4) is 0 Å². The highest BCUT2D eigenvalue weighted by molar-refractivity contribution is 5.95. The molecule has 0 aromatic heterocycles. The molecule has 0 saturated heterocycles. The summed E-state index contributed by atoms with van der Waals surface area (Å²) in [4.78, 5) is 44.4. The van der Waals surface area contributed by atoms with E-state index in [1.165, 1.54) is 48.5 Å². The topological polar surface area (TPSA) is 144 Å². The Labute approximate surface area is 172 Å². The molecule has 0 aliphatic rings. The Morgan fingerprint density at radius 3 is 1.47 bits per heavy atom. The summed E-state index contributed by atoms with van der Waals surface area (Å²) in [5.74, 6) is -0.717. The van der Waals surface area contributed by atoms with Gasteiger partial charge in [-0.3, -0.25) is 29.8 Å². The minimum Gasteiger partial charge on any atom is -0.352 e. The van der Waals surface area contributed by atoms with Gasteiger partial charge in [-0.25, -0.2) is 0 Å². The van der Waals surface area contributed by atoms with Gasteiger partial charge in [0.1, 0.15) is 0 Å². The Morgan fingerprint density at radius 1 is 0.700 bits per heavy atom. The van der Waals surface area contributed by atoms with E-state index in [0.717, 1.165) is 25.7 Å². The van der Waals surface area contributed by atoms with E-state index < -0.39 is 9.85 Å². The molecule has 2 N–H and O–H groups in total. The third kappa shape index (κ3) is 6.97. The van der Waals surface area contributed by atoms with Crippen molar-refractivity contribution in [3.63, 3.8) is 0 Å². The molecule has 0 aliphatic heterocycles. The number of nitro groups is 2. The summed E-state index contributed by atoms with van der Waals surface area (Å²) in [6.07, 6.45) is 3.14. The molecule has 0 unspecified atom stereocenters. The molecule has 2 aromatic carbocycles. The van der Waals surface area contributed by atoms with Crippen molar-refractivity contribution in [2.75, 3.05) is 13.1 Å². The van der Waals surface area contributed by atoms with Crippen molar-refractivity contribution in [2.24, 2.45) is 0 Å². The first-order valence-corrected chi connectivity index (χ1v) is 9.44. The van der Waals surface area contributed by atoms with Crippen molar-refractivity contribution < 1.29 is 19.4 Å².